The summed E-state index contributed by atoms with van der Waals surface area (Å²) in [6.07, 6.45) is 1.63. The van der Waals surface area contributed by atoms with Gasteiger partial charge in [-0.2, -0.15) is 5.26 Å². The van der Waals surface area contributed by atoms with Crippen LogP contribution in [0.25, 0.3) is 0 Å². The molecule has 1 aliphatic heterocycles. The molecule has 0 saturated carbocycles. The molecule has 122 valence electrons. The summed E-state index contributed by atoms with van der Waals surface area (Å²) in [4.78, 5) is 25.4. The van der Waals surface area contributed by atoms with Crippen LogP contribution in [0.1, 0.15) is 44.0 Å². The molecule has 0 spiro atoms. The fourth-order valence-electron chi connectivity index (χ4n) is 2.76. The SMILES string of the molecule is CCOc1cc(C=O)cc2c1OC(CC)(CC)C(=O)N2CC#N. The Labute approximate surface area is 135 Å². The summed E-state index contributed by atoms with van der Waals surface area (Å²) in [6.45, 7) is 5.86. The van der Waals surface area contributed by atoms with E-state index in [0.717, 1.165) is 0 Å². The normalized spacial score (nSPS) is 15.4. The number of amides is 1. The first-order chi connectivity index (χ1) is 11.1. The summed E-state index contributed by atoms with van der Waals surface area (Å²) >= 11 is 0. The molecule has 0 saturated heterocycles. The Morgan fingerprint density at radius 1 is 1.35 bits per heavy atom. The van der Waals surface area contributed by atoms with Crippen molar-refractivity contribution in [2.75, 3.05) is 18.1 Å². The first kappa shape index (κ1) is 16.8. The maximum absolute atomic E-state index is 12.9. The van der Waals surface area contributed by atoms with Gasteiger partial charge in [-0.3, -0.25) is 14.5 Å². The van der Waals surface area contributed by atoms with Crippen LogP contribution in [0, 0.1) is 11.3 Å². The second kappa shape index (κ2) is 6.69. The van der Waals surface area contributed by atoms with Gasteiger partial charge in [-0.25, -0.2) is 0 Å². The fraction of sp³-hybridized carbons (Fsp3) is 0.471. The lowest BCUT2D eigenvalue weighted by Gasteiger charge is -2.41. The van der Waals surface area contributed by atoms with Gasteiger partial charge in [0.25, 0.3) is 5.91 Å². The van der Waals surface area contributed by atoms with Crippen molar-refractivity contribution in [1.82, 2.24) is 0 Å². The summed E-state index contributed by atoms with van der Waals surface area (Å²) in [5.41, 5.74) is -0.243. The zero-order valence-corrected chi connectivity index (χ0v) is 13.6. The van der Waals surface area contributed by atoms with E-state index in [1.165, 1.54) is 4.90 Å². The molecule has 6 nitrogen and oxygen atoms in total. The Hall–Kier alpha value is -2.55. The van der Waals surface area contributed by atoms with Crippen LogP contribution >= 0.6 is 0 Å². The number of benzene rings is 1. The Balaban J connectivity index is 2.69. The first-order valence-electron chi connectivity index (χ1n) is 7.70. The summed E-state index contributed by atoms with van der Waals surface area (Å²) < 4.78 is 11.6. The fourth-order valence-corrected chi connectivity index (χ4v) is 2.76. The smallest absolute Gasteiger partial charge is 0.272 e. The van der Waals surface area contributed by atoms with Gasteiger partial charge in [0.05, 0.1) is 18.4 Å². The molecule has 0 unspecified atom stereocenters. The third kappa shape index (κ3) is 2.74. The van der Waals surface area contributed by atoms with Crippen LogP contribution in [0.15, 0.2) is 12.1 Å². The van der Waals surface area contributed by atoms with Crippen molar-refractivity contribution in [3.05, 3.63) is 17.7 Å². The number of hydrogen-bond acceptors (Lipinski definition) is 5. The van der Waals surface area contributed by atoms with E-state index in [-0.39, 0.29) is 12.5 Å². The van der Waals surface area contributed by atoms with Gasteiger partial charge in [-0.1, -0.05) is 13.8 Å². The van der Waals surface area contributed by atoms with E-state index in [4.69, 9.17) is 14.7 Å². The number of hydrogen-bond donors (Lipinski definition) is 0. The third-order valence-corrected chi connectivity index (χ3v) is 4.09. The average molecular weight is 316 g/mol. The van der Waals surface area contributed by atoms with Crippen molar-refractivity contribution in [1.29, 1.82) is 5.26 Å². The third-order valence-electron chi connectivity index (χ3n) is 4.09. The lowest BCUT2D eigenvalue weighted by molar-refractivity contribution is -0.136. The molecular weight excluding hydrogens is 296 g/mol. The molecule has 0 aromatic heterocycles. The zero-order chi connectivity index (χ0) is 17.0. The van der Waals surface area contributed by atoms with Crippen LogP contribution in [-0.4, -0.2) is 30.9 Å². The van der Waals surface area contributed by atoms with Crippen LogP contribution < -0.4 is 14.4 Å². The minimum Gasteiger partial charge on any atom is -0.490 e. The van der Waals surface area contributed by atoms with E-state index in [9.17, 15) is 9.59 Å². The predicted octanol–water partition coefficient (Wildman–Crippen LogP) is 2.71. The zero-order valence-electron chi connectivity index (χ0n) is 13.6. The molecule has 0 bridgehead atoms. The second-order valence-electron chi connectivity index (χ2n) is 5.27. The Morgan fingerprint density at radius 2 is 2.04 bits per heavy atom. The van der Waals surface area contributed by atoms with E-state index in [0.29, 0.717) is 48.5 Å². The molecular formula is C17H20N2O4. The molecule has 1 heterocycles. The Morgan fingerprint density at radius 3 is 2.57 bits per heavy atom. The van der Waals surface area contributed by atoms with E-state index in [1.54, 1.807) is 12.1 Å². The molecule has 0 N–H and O–H groups in total. The van der Waals surface area contributed by atoms with Gasteiger partial charge < -0.3 is 9.47 Å². The van der Waals surface area contributed by atoms with Crippen molar-refractivity contribution in [3.8, 4) is 17.6 Å². The van der Waals surface area contributed by atoms with Gasteiger partial charge in [-0.05, 0) is 31.9 Å². The van der Waals surface area contributed by atoms with Gasteiger partial charge in [-0.15, -0.1) is 0 Å². The van der Waals surface area contributed by atoms with Crippen molar-refractivity contribution >= 4 is 17.9 Å². The van der Waals surface area contributed by atoms with E-state index >= 15 is 0 Å². The lowest BCUT2D eigenvalue weighted by Crippen LogP contribution is -2.55. The van der Waals surface area contributed by atoms with Gasteiger partial charge in [0, 0.05) is 5.56 Å². The first-order valence-corrected chi connectivity index (χ1v) is 7.70. The molecule has 0 radical (unpaired) electrons. The molecule has 1 aromatic carbocycles. The number of fused-ring (bicyclic) bond motifs is 1. The number of carbonyl (C=O) groups excluding carboxylic acids is 2. The van der Waals surface area contributed by atoms with Crippen LogP contribution in [0.5, 0.6) is 11.5 Å². The number of aldehydes is 1. The van der Waals surface area contributed by atoms with Gasteiger partial charge >= 0.3 is 0 Å². The summed E-state index contributed by atoms with van der Waals surface area (Å²) in [7, 11) is 0. The minimum absolute atomic E-state index is 0.106. The minimum atomic E-state index is -1.02. The molecule has 1 aliphatic rings. The number of carbonyl (C=O) groups is 2. The highest BCUT2D eigenvalue weighted by Crippen LogP contribution is 2.46. The number of nitrogens with zero attached hydrogens (tertiary/aromatic N) is 2. The van der Waals surface area contributed by atoms with Gasteiger partial charge in [0.2, 0.25) is 0 Å². The van der Waals surface area contributed by atoms with Gasteiger partial charge in [0.15, 0.2) is 17.1 Å². The average Bonchev–Trinajstić information content (AvgIpc) is 2.57. The van der Waals surface area contributed by atoms with Gasteiger partial charge in [0.1, 0.15) is 12.8 Å². The molecule has 2 rings (SSSR count). The highest BCUT2D eigenvalue weighted by Gasteiger charge is 2.47. The van der Waals surface area contributed by atoms with E-state index < -0.39 is 5.60 Å². The Kier molecular flexibility index (Phi) is 4.89. The van der Waals surface area contributed by atoms with Crippen LogP contribution in [0.2, 0.25) is 0 Å². The monoisotopic (exact) mass is 316 g/mol. The lowest BCUT2D eigenvalue weighted by atomic mass is 9.92. The van der Waals surface area contributed by atoms with Crippen molar-refractivity contribution in [2.45, 2.75) is 39.2 Å². The molecule has 0 atom stereocenters. The van der Waals surface area contributed by atoms with E-state index in [2.05, 4.69) is 0 Å². The van der Waals surface area contributed by atoms with Crippen LogP contribution in [0.3, 0.4) is 0 Å². The predicted molar refractivity (Wildman–Crippen MR) is 84.9 cm³/mol. The number of anilines is 1. The van der Waals surface area contributed by atoms with Crippen molar-refractivity contribution in [3.63, 3.8) is 0 Å². The van der Waals surface area contributed by atoms with E-state index in [1.807, 2.05) is 26.8 Å². The molecule has 1 aromatic rings. The van der Waals surface area contributed by atoms with Crippen molar-refractivity contribution in [2.24, 2.45) is 0 Å². The quantitative estimate of drug-likeness (QED) is 0.595. The molecule has 0 fully saturated rings. The molecule has 6 heteroatoms. The number of rotatable bonds is 6. The van der Waals surface area contributed by atoms with Crippen molar-refractivity contribution < 1.29 is 19.1 Å². The molecule has 1 amide bonds. The molecule has 0 aliphatic carbocycles. The highest BCUT2D eigenvalue weighted by molar-refractivity contribution is 6.04. The maximum atomic E-state index is 12.9. The highest BCUT2D eigenvalue weighted by atomic mass is 16.5. The van der Waals surface area contributed by atoms with Crippen LogP contribution in [0.4, 0.5) is 5.69 Å². The summed E-state index contributed by atoms with van der Waals surface area (Å²) in [5, 5.41) is 9.09. The summed E-state index contributed by atoms with van der Waals surface area (Å²) in [6, 6.07) is 5.14. The largest absolute Gasteiger partial charge is 0.490 e. The summed E-state index contributed by atoms with van der Waals surface area (Å²) in [5.74, 6) is 0.562. The number of nitriles is 1. The maximum Gasteiger partial charge on any atom is 0.272 e. The van der Waals surface area contributed by atoms with Crippen LogP contribution in [-0.2, 0) is 4.79 Å². The Bertz CT molecular complexity index is 659. The molecule has 23 heavy (non-hydrogen) atoms. The number of ether oxygens (including phenoxy) is 2. The second-order valence-corrected chi connectivity index (χ2v) is 5.27. The standard InChI is InChI=1S/C17H20N2O4/c1-4-17(5-2)16(21)19(8-7-18)13-9-12(11-20)10-14(22-6-3)15(13)23-17/h9-11H,4-6,8H2,1-3H3. The topological polar surface area (TPSA) is 79.6 Å².